The lowest BCUT2D eigenvalue weighted by atomic mass is 10.0. The van der Waals surface area contributed by atoms with Gasteiger partial charge < -0.3 is 20.1 Å². The maximum atomic E-state index is 5.41. The quantitative estimate of drug-likeness (QED) is 0.371. The van der Waals surface area contributed by atoms with Crippen molar-refractivity contribution in [2.24, 2.45) is 4.99 Å². The minimum Gasteiger partial charge on any atom is -0.382 e. The van der Waals surface area contributed by atoms with E-state index in [-0.39, 0.29) is 0 Å². The van der Waals surface area contributed by atoms with E-state index in [1.165, 1.54) is 11.1 Å². The van der Waals surface area contributed by atoms with Gasteiger partial charge in [-0.15, -0.1) is 0 Å². The van der Waals surface area contributed by atoms with Crippen molar-refractivity contribution < 1.29 is 9.47 Å². The van der Waals surface area contributed by atoms with Gasteiger partial charge >= 0.3 is 0 Å². The fourth-order valence-corrected chi connectivity index (χ4v) is 2.28. The van der Waals surface area contributed by atoms with Gasteiger partial charge in [0.15, 0.2) is 5.96 Å². The van der Waals surface area contributed by atoms with E-state index < -0.39 is 0 Å². The van der Waals surface area contributed by atoms with Crippen LogP contribution < -0.4 is 10.6 Å². The minimum atomic E-state index is 0.591. The topological polar surface area (TPSA) is 54.9 Å². The average Bonchev–Trinajstić information content (AvgIpc) is 2.60. The molecule has 1 aromatic rings. The summed E-state index contributed by atoms with van der Waals surface area (Å²) in [7, 11) is 3.46. The second-order valence-corrected chi connectivity index (χ2v) is 6.03. The lowest BCUT2D eigenvalue weighted by Gasteiger charge is -2.12. The van der Waals surface area contributed by atoms with Crippen LogP contribution in [0.1, 0.15) is 37.3 Å². The van der Waals surface area contributed by atoms with E-state index in [1.807, 2.05) is 0 Å². The van der Waals surface area contributed by atoms with E-state index in [9.17, 15) is 0 Å². The molecule has 136 valence electrons. The van der Waals surface area contributed by atoms with Crippen LogP contribution in [0.2, 0.25) is 0 Å². The molecule has 0 aliphatic carbocycles. The molecular formula is C19H33N3O2. The molecule has 0 saturated heterocycles. The van der Waals surface area contributed by atoms with Crippen LogP contribution in [0.15, 0.2) is 29.3 Å². The van der Waals surface area contributed by atoms with Gasteiger partial charge in [-0.1, -0.05) is 38.1 Å². The number of rotatable bonds is 11. The highest BCUT2D eigenvalue weighted by molar-refractivity contribution is 5.79. The van der Waals surface area contributed by atoms with Crippen LogP contribution in [-0.2, 0) is 15.9 Å². The van der Waals surface area contributed by atoms with E-state index in [1.54, 1.807) is 14.2 Å². The minimum absolute atomic E-state index is 0.591. The van der Waals surface area contributed by atoms with E-state index in [2.05, 4.69) is 53.7 Å². The molecule has 2 N–H and O–H groups in total. The molecule has 0 bridgehead atoms. The van der Waals surface area contributed by atoms with Crippen LogP contribution in [0.4, 0.5) is 0 Å². The Bertz CT molecular complexity index is 458. The molecule has 0 amide bonds. The van der Waals surface area contributed by atoms with Crippen molar-refractivity contribution in [1.82, 2.24) is 10.6 Å². The number of aliphatic imine (C=N–C) groups is 1. The zero-order chi connectivity index (χ0) is 17.6. The number of benzene rings is 1. The Labute approximate surface area is 146 Å². The van der Waals surface area contributed by atoms with E-state index in [0.29, 0.717) is 25.7 Å². The maximum Gasteiger partial charge on any atom is 0.191 e. The zero-order valence-electron chi connectivity index (χ0n) is 15.6. The molecule has 0 radical (unpaired) electrons. The van der Waals surface area contributed by atoms with E-state index in [0.717, 1.165) is 31.9 Å². The van der Waals surface area contributed by atoms with Gasteiger partial charge in [-0.2, -0.15) is 0 Å². The summed E-state index contributed by atoms with van der Waals surface area (Å²) in [5.41, 5.74) is 2.78. The van der Waals surface area contributed by atoms with Crippen molar-refractivity contribution in [1.29, 1.82) is 0 Å². The highest BCUT2D eigenvalue weighted by Gasteiger charge is 2.00. The predicted octanol–water partition coefficient (Wildman–Crippen LogP) is 2.57. The molecule has 1 aromatic carbocycles. The van der Waals surface area contributed by atoms with Crippen LogP contribution in [0.5, 0.6) is 0 Å². The summed E-state index contributed by atoms with van der Waals surface area (Å²) in [6, 6.07) is 8.94. The third-order valence-electron chi connectivity index (χ3n) is 3.78. The molecule has 0 atom stereocenters. The largest absolute Gasteiger partial charge is 0.382 e. The Morgan fingerprint density at radius 2 is 1.75 bits per heavy atom. The lowest BCUT2D eigenvalue weighted by molar-refractivity contribution is 0.0733. The first kappa shape index (κ1) is 20.5. The lowest BCUT2D eigenvalue weighted by Crippen LogP contribution is -2.39. The van der Waals surface area contributed by atoms with Gasteiger partial charge in [0.25, 0.3) is 0 Å². The Balaban J connectivity index is 2.13. The molecule has 5 heteroatoms. The number of hydrogen-bond acceptors (Lipinski definition) is 3. The number of nitrogens with zero attached hydrogens (tertiary/aromatic N) is 1. The molecule has 0 aliphatic heterocycles. The van der Waals surface area contributed by atoms with Crippen LogP contribution >= 0.6 is 0 Å². The fourth-order valence-electron chi connectivity index (χ4n) is 2.28. The van der Waals surface area contributed by atoms with E-state index in [4.69, 9.17) is 9.47 Å². The maximum absolute atomic E-state index is 5.41. The number of hydrogen-bond donors (Lipinski definition) is 2. The first-order valence-electron chi connectivity index (χ1n) is 8.77. The zero-order valence-corrected chi connectivity index (χ0v) is 15.6. The molecule has 24 heavy (non-hydrogen) atoms. The summed E-state index contributed by atoms with van der Waals surface area (Å²) in [5, 5.41) is 6.57. The third kappa shape index (κ3) is 8.89. The Kier molecular flexibility index (Phi) is 10.9. The standard InChI is InChI=1S/C19H33N3O2/c1-16(2)18-9-7-17(8-10-18)6-5-11-21-19(20-3)22-12-13-24-15-14-23-4/h7-10,16H,5-6,11-15H2,1-4H3,(H2,20,21,22). The van der Waals surface area contributed by atoms with Gasteiger partial charge in [0.2, 0.25) is 0 Å². The summed E-state index contributed by atoms with van der Waals surface area (Å²) in [6.45, 7) is 7.98. The average molecular weight is 335 g/mol. The van der Waals surface area contributed by atoms with Crippen molar-refractivity contribution in [2.45, 2.75) is 32.6 Å². The van der Waals surface area contributed by atoms with Crippen molar-refractivity contribution >= 4 is 5.96 Å². The Hall–Kier alpha value is -1.59. The molecular weight excluding hydrogens is 302 g/mol. The van der Waals surface area contributed by atoms with Gasteiger partial charge in [0.05, 0.1) is 19.8 Å². The third-order valence-corrected chi connectivity index (χ3v) is 3.78. The van der Waals surface area contributed by atoms with Gasteiger partial charge in [-0.05, 0) is 29.9 Å². The second kappa shape index (κ2) is 12.8. The predicted molar refractivity (Wildman–Crippen MR) is 101 cm³/mol. The molecule has 0 spiro atoms. The summed E-state index contributed by atoms with van der Waals surface area (Å²) < 4.78 is 10.3. The number of nitrogens with one attached hydrogen (secondary N) is 2. The normalized spacial score (nSPS) is 11.8. The number of methoxy groups -OCH3 is 1. The van der Waals surface area contributed by atoms with Crippen LogP contribution in [0, 0.1) is 0 Å². The molecule has 1 rings (SSSR count). The van der Waals surface area contributed by atoms with Gasteiger partial charge in [-0.3, -0.25) is 4.99 Å². The molecule has 5 nitrogen and oxygen atoms in total. The highest BCUT2D eigenvalue weighted by atomic mass is 16.5. The SMILES string of the molecule is CN=C(NCCCc1ccc(C(C)C)cc1)NCCOCCOC. The number of ether oxygens (including phenoxy) is 2. The monoisotopic (exact) mass is 335 g/mol. The Morgan fingerprint density at radius 1 is 1.04 bits per heavy atom. The molecule has 0 unspecified atom stereocenters. The first-order chi connectivity index (χ1) is 11.7. The number of guanidine groups is 1. The Morgan fingerprint density at radius 3 is 2.38 bits per heavy atom. The van der Waals surface area contributed by atoms with Gasteiger partial charge in [0.1, 0.15) is 0 Å². The molecule has 0 heterocycles. The van der Waals surface area contributed by atoms with Crippen LogP contribution in [-0.4, -0.2) is 53.0 Å². The highest BCUT2D eigenvalue weighted by Crippen LogP contribution is 2.15. The molecule has 0 aliphatic rings. The van der Waals surface area contributed by atoms with Gasteiger partial charge in [-0.25, -0.2) is 0 Å². The summed E-state index contributed by atoms with van der Waals surface area (Å²) in [5.74, 6) is 1.41. The van der Waals surface area contributed by atoms with Gasteiger partial charge in [0, 0.05) is 27.2 Å². The van der Waals surface area contributed by atoms with Crippen molar-refractivity contribution in [3.8, 4) is 0 Å². The summed E-state index contributed by atoms with van der Waals surface area (Å²) >= 11 is 0. The van der Waals surface area contributed by atoms with Crippen LogP contribution in [0.25, 0.3) is 0 Å². The van der Waals surface area contributed by atoms with Crippen molar-refractivity contribution in [3.63, 3.8) is 0 Å². The first-order valence-corrected chi connectivity index (χ1v) is 8.77. The van der Waals surface area contributed by atoms with Crippen molar-refractivity contribution in [2.75, 3.05) is 47.1 Å². The molecule has 0 aromatic heterocycles. The number of aryl methyl sites for hydroxylation is 1. The summed E-state index contributed by atoms with van der Waals surface area (Å²) in [6.07, 6.45) is 2.15. The fraction of sp³-hybridized carbons (Fsp3) is 0.632. The van der Waals surface area contributed by atoms with Crippen molar-refractivity contribution in [3.05, 3.63) is 35.4 Å². The second-order valence-electron chi connectivity index (χ2n) is 6.03. The summed E-state index contributed by atoms with van der Waals surface area (Å²) in [4.78, 5) is 4.21. The van der Waals surface area contributed by atoms with E-state index >= 15 is 0 Å². The van der Waals surface area contributed by atoms with Crippen LogP contribution in [0.3, 0.4) is 0 Å². The smallest absolute Gasteiger partial charge is 0.191 e. The molecule has 0 fully saturated rings. The molecule has 0 saturated carbocycles.